The molecule has 9 heteroatoms. The van der Waals surface area contributed by atoms with Gasteiger partial charge in [0.15, 0.2) is 6.10 Å². The third-order valence-corrected chi connectivity index (χ3v) is 3.26. The average molecular weight is 294 g/mol. The molecule has 0 N–H and O–H groups in total. The topological polar surface area (TPSA) is 18.5 Å². The van der Waals surface area contributed by atoms with Crippen LogP contribution in [0.4, 0.5) is 13.2 Å². The van der Waals surface area contributed by atoms with Crippen molar-refractivity contribution in [3.05, 3.63) is 0 Å². The molecule has 84 valence electrons. The highest BCUT2D eigenvalue weighted by Crippen LogP contribution is 2.49. The molecule has 0 aromatic carbocycles. The standard InChI is InChI=1S/C5H3Cl4F3O2/c6-4(7)5(8,9)14-2(1-13-4)3(10,11)12/h2H,1H2. The van der Waals surface area contributed by atoms with Gasteiger partial charge < -0.3 is 9.47 Å². The van der Waals surface area contributed by atoms with Crippen molar-refractivity contribution < 1.29 is 22.6 Å². The van der Waals surface area contributed by atoms with Crippen LogP contribution in [0.25, 0.3) is 0 Å². The fraction of sp³-hybridized carbons (Fsp3) is 1.00. The lowest BCUT2D eigenvalue weighted by molar-refractivity contribution is -0.279. The lowest BCUT2D eigenvalue weighted by Gasteiger charge is -2.40. The summed E-state index contributed by atoms with van der Waals surface area (Å²) in [5.74, 6) is 0. The smallest absolute Gasteiger partial charge is 0.339 e. The first-order valence-electron chi connectivity index (χ1n) is 3.20. The van der Waals surface area contributed by atoms with E-state index >= 15 is 0 Å². The Balaban J connectivity index is 2.78. The van der Waals surface area contributed by atoms with Gasteiger partial charge in [0.05, 0.1) is 6.61 Å². The maximum atomic E-state index is 12.1. The first kappa shape index (κ1) is 12.9. The Morgan fingerprint density at radius 3 is 1.93 bits per heavy atom. The quantitative estimate of drug-likeness (QED) is 0.639. The minimum Gasteiger partial charge on any atom is -0.339 e. The van der Waals surface area contributed by atoms with Gasteiger partial charge in [-0.2, -0.15) is 13.2 Å². The van der Waals surface area contributed by atoms with Crippen molar-refractivity contribution in [2.24, 2.45) is 0 Å². The molecule has 1 aliphatic rings. The van der Waals surface area contributed by atoms with Crippen LogP contribution in [0, 0.1) is 0 Å². The molecule has 1 unspecified atom stereocenters. The largest absolute Gasteiger partial charge is 0.417 e. The van der Waals surface area contributed by atoms with Gasteiger partial charge in [0.1, 0.15) is 0 Å². The molecule has 1 fully saturated rings. The third-order valence-electron chi connectivity index (χ3n) is 1.41. The van der Waals surface area contributed by atoms with Gasteiger partial charge in [-0.15, -0.1) is 0 Å². The number of rotatable bonds is 0. The monoisotopic (exact) mass is 292 g/mol. The molecule has 2 nitrogen and oxygen atoms in total. The molecule has 0 bridgehead atoms. The molecular weight excluding hydrogens is 291 g/mol. The highest BCUT2D eigenvalue weighted by atomic mass is 35.5. The summed E-state index contributed by atoms with van der Waals surface area (Å²) in [6.07, 6.45) is -6.89. The highest BCUT2D eigenvalue weighted by Gasteiger charge is 2.60. The molecule has 0 amide bonds. The Morgan fingerprint density at radius 2 is 1.57 bits per heavy atom. The van der Waals surface area contributed by atoms with Crippen molar-refractivity contribution in [2.45, 2.75) is 21.3 Å². The number of ether oxygens (including phenoxy) is 2. The Hall–Kier alpha value is 0.870. The van der Waals surface area contributed by atoms with Crippen molar-refractivity contribution in [2.75, 3.05) is 6.61 Å². The molecule has 1 saturated heterocycles. The summed E-state index contributed by atoms with van der Waals surface area (Å²) in [6, 6.07) is 0. The Kier molecular flexibility index (Phi) is 3.43. The minimum atomic E-state index is -4.64. The maximum absolute atomic E-state index is 12.1. The van der Waals surface area contributed by atoms with Gasteiger partial charge in [0, 0.05) is 0 Å². The van der Waals surface area contributed by atoms with Gasteiger partial charge in [-0.25, -0.2) is 0 Å². The van der Waals surface area contributed by atoms with Gasteiger partial charge in [0.25, 0.3) is 9.04 Å². The van der Waals surface area contributed by atoms with E-state index in [9.17, 15) is 13.2 Å². The van der Waals surface area contributed by atoms with Crippen LogP contribution < -0.4 is 0 Å². The summed E-state index contributed by atoms with van der Waals surface area (Å²) in [6.45, 7) is -0.863. The van der Waals surface area contributed by atoms with E-state index in [0.717, 1.165) is 0 Å². The van der Waals surface area contributed by atoms with Crippen LogP contribution in [0.2, 0.25) is 0 Å². The first-order chi connectivity index (χ1) is 6.06. The summed E-state index contributed by atoms with van der Waals surface area (Å²) in [5, 5.41) is 0. The zero-order chi connectivity index (χ0) is 11.2. The summed E-state index contributed by atoms with van der Waals surface area (Å²) >= 11 is 21.4. The number of halogens is 7. The molecule has 0 saturated carbocycles. The lowest BCUT2D eigenvalue weighted by Crippen LogP contribution is -2.55. The zero-order valence-corrected chi connectivity index (χ0v) is 9.27. The van der Waals surface area contributed by atoms with Crippen LogP contribution in [0.1, 0.15) is 0 Å². The molecule has 0 aromatic heterocycles. The summed E-state index contributed by atoms with van der Waals surface area (Å²) < 4.78 is 40.4. The van der Waals surface area contributed by atoms with E-state index in [1.165, 1.54) is 0 Å². The van der Waals surface area contributed by atoms with Crippen LogP contribution in [0.5, 0.6) is 0 Å². The van der Waals surface area contributed by atoms with Crippen LogP contribution in [0.3, 0.4) is 0 Å². The van der Waals surface area contributed by atoms with Crippen molar-refractivity contribution in [3.8, 4) is 0 Å². The van der Waals surface area contributed by atoms with Crippen LogP contribution in [-0.4, -0.2) is 27.9 Å². The fourth-order valence-corrected chi connectivity index (χ4v) is 1.25. The Bertz CT molecular complexity index is 230. The van der Waals surface area contributed by atoms with E-state index in [0.29, 0.717) is 0 Å². The molecule has 0 aliphatic carbocycles. The SMILES string of the molecule is FC(F)(F)C1COC(Cl)(Cl)C(Cl)(Cl)O1. The molecule has 1 aliphatic heterocycles. The van der Waals surface area contributed by atoms with Gasteiger partial charge in [-0.05, 0) is 0 Å². The second kappa shape index (κ2) is 3.71. The van der Waals surface area contributed by atoms with Crippen LogP contribution >= 0.6 is 46.4 Å². The number of alkyl halides is 7. The molecule has 14 heavy (non-hydrogen) atoms. The van der Waals surface area contributed by atoms with E-state index in [1.54, 1.807) is 0 Å². The molecule has 1 heterocycles. The van der Waals surface area contributed by atoms with Crippen LogP contribution in [0.15, 0.2) is 0 Å². The summed E-state index contributed by atoms with van der Waals surface area (Å²) in [4.78, 5) is 0. The van der Waals surface area contributed by atoms with Gasteiger partial charge >= 0.3 is 6.18 Å². The molecule has 1 atom stereocenters. The zero-order valence-electron chi connectivity index (χ0n) is 6.25. The second-order valence-corrected chi connectivity index (χ2v) is 5.01. The van der Waals surface area contributed by atoms with Crippen LogP contribution in [-0.2, 0) is 9.47 Å². The van der Waals surface area contributed by atoms with E-state index in [1.807, 2.05) is 0 Å². The minimum absolute atomic E-state index is 0.863. The van der Waals surface area contributed by atoms with Gasteiger partial charge in [-0.1, -0.05) is 46.4 Å². The molecular formula is C5H3Cl4F3O2. The van der Waals surface area contributed by atoms with E-state index in [-0.39, 0.29) is 0 Å². The van der Waals surface area contributed by atoms with Crippen molar-refractivity contribution in [3.63, 3.8) is 0 Å². The first-order valence-corrected chi connectivity index (χ1v) is 4.71. The van der Waals surface area contributed by atoms with Crippen molar-refractivity contribution in [1.82, 2.24) is 0 Å². The van der Waals surface area contributed by atoms with E-state index in [4.69, 9.17) is 46.4 Å². The molecule has 0 radical (unpaired) electrons. The highest BCUT2D eigenvalue weighted by molar-refractivity contribution is 6.60. The predicted octanol–water partition coefficient (Wildman–Crippen LogP) is 3.23. The van der Waals surface area contributed by atoms with Crippen molar-refractivity contribution in [1.29, 1.82) is 0 Å². The number of hydrogen-bond donors (Lipinski definition) is 0. The van der Waals surface area contributed by atoms with Crippen molar-refractivity contribution >= 4 is 46.4 Å². The summed E-state index contributed by atoms with van der Waals surface area (Å²) in [7, 11) is 0. The Labute approximate surface area is 97.1 Å². The average Bonchev–Trinajstić information content (AvgIpc) is 1.92. The van der Waals surface area contributed by atoms with E-state index < -0.39 is 27.9 Å². The molecule has 0 aromatic rings. The van der Waals surface area contributed by atoms with Gasteiger partial charge in [0.2, 0.25) is 0 Å². The normalized spacial score (nSPS) is 31.5. The second-order valence-electron chi connectivity index (χ2n) is 2.49. The molecule has 0 spiro atoms. The maximum Gasteiger partial charge on any atom is 0.417 e. The number of hydrogen-bond acceptors (Lipinski definition) is 2. The fourth-order valence-electron chi connectivity index (χ4n) is 0.707. The Morgan fingerprint density at radius 1 is 1.07 bits per heavy atom. The molecule has 1 rings (SSSR count). The lowest BCUT2D eigenvalue weighted by atomic mass is 10.3. The predicted molar refractivity (Wildman–Crippen MR) is 45.8 cm³/mol. The summed E-state index contributed by atoms with van der Waals surface area (Å²) in [5.41, 5.74) is 0. The third kappa shape index (κ3) is 2.51. The van der Waals surface area contributed by atoms with E-state index in [2.05, 4.69) is 9.47 Å². The van der Waals surface area contributed by atoms with Gasteiger partial charge in [-0.3, -0.25) is 0 Å².